The van der Waals surface area contributed by atoms with Gasteiger partial charge in [0.15, 0.2) is 0 Å². The first-order chi connectivity index (χ1) is 9.01. The van der Waals surface area contributed by atoms with Crippen molar-refractivity contribution in [1.29, 1.82) is 0 Å². The fourth-order valence-corrected chi connectivity index (χ4v) is 15.8. The molecular formula is C16H34O2Sn-. The van der Waals surface area contributed by atoms with Crippen LogP contribution in [0, 0.1) is 5.92 Å². The van der Waals surface area contributed by atoms with Gasteiger partial charge in [0, 0.05) is 0 Å². The molecular weight excluding hydrogens is 343 g/mol. The Kier molecular flexibility index (Phi) is 11.1. The Morgan fingerprint density at radius 1 is 0.895 bits per heavy atom. The van der Waals surface area contributed by atoms with Crippen LogP contribution in [0.5, 0.6) is 0 Å². The summed E-state index contributed by atoms with van der Waals surface area (Å²) in [6.45, 7) is 10.6. The Bertz CT molecular complexity index is 217. The van der Waals surface area contributed by atoms with Gasteiger partial charge in [0.05, 0.1) is 0 Å². The van der Waals surface area contributed by atoms with Gasteiger partial charge < -0.3 is 0 Å². The summed E-state index contributed by atoms with van der Waals surface area (Å²) in [6, 6.07) is 0. The average Bonchev–Trinajstić information content (AvgIpc) is 2.40. The van der Waals surface area contributed by atoms with Crippen LogP contribution in [0.3, 0.4) is 0 Å². The van der Waals surface area contributed by atoms with Crippen molar-refractivity contribution in [1.82, 2.24) is 0 Å². The van der Waals surface area contributed by atoms with Gasteiger partial charge in [0.1, 0.15) is 0 Å². The van der Waals surface area contributed by atoms with Gasteiger partial charge in [-0.2, -0.15) is 0 Å². The fraction of sp³-hybridized carbons (Fsp3) is 0.938. The van der Waals surface area contributed by atoms with E-state index in [0.717, 1.165) is 0 Å². The average molecular weight is 377 g/mol. The van der Waals surface area contributed by atoms with Crippen LogP contribution in [0.2, 0.25) is 13.3 Å². The summed E-state index contributed by atoms with van der Waals surface area (Å²) in [4.78, 5) is 12.1. The van der Waals surface area contributed by atoms with Gasteiger partial charge in [-0.05, 0) is 0 Å². The molecule has 0 fully saturated rings. The number of unbranched alkanes of at least 4 members (excludes halogenated alkanes) is 3. The van der Waals surface area contributed by atoms with Crippen LogP contribution in [-0.4, -0.2) is 24.8 Å². The summed E-state index contributed by atoms with van der Waals surface area (Å²) >= 11 is -2.67. The van der Waals surface area contributed by atoms with E-state index in [0.29, 0.717) is 0 Å². The van der Waals surface area contributed by atoms with E-state index in [1.807, 2.05) is 13.8 Å². The minimum atomic E-state index is -2.67. The van der Waals surface area contributed by atoms with Crippen molar-refractivity contribution in [2.75, 3.05) is 0 Å². The molecule has 0 heterocycles. The molecule has 0 aliphatic carbocycles. The topological polar surface area (TPSA) is 26.3 Å². The van der Waals surface area contributed by atoms with Gasteiger partial charge in [-0.1, -0.05) is 0 Å². The third kappa shape index (κ3) is 8.21. The first-order valence-electron chi connectivity index (χ1n) is 8.24. The SMILES string of the molecule is CCC[CH2][Sn-]([CH2]CCC)([CH2]CCC)[O]C(=O)C(C)C. The summed E-state index contributed by atoms with van der Waals surface area (Å²) in [7, 11) is 0. The van der Waals surface area contributed by atoms with E-state index in [-0.39, 0.29) is 11.9 Å². The number of hydrogen-bond acceptors (Lipinski definition) is 2. The molecule has 0 bridgehead atoms. The summed E-state index contributed by atoms with van der Waals surface area (Å²) in [6.07, 6.45) is 7.39. The predicted octanol–water partition coefficient (Wildman–Crippen LogP) is 5.53. The summed E-state index contributed by atoms with van der Waals surface area (Å²) in [5.74, 6) is 0.0973. The maximum atomic E-state index is 12.1. The van der Waals surface area contributed by atoms with Crippen molar-refractivity contribution < 1.29 is 7.87 Å². The molecule has 0 aliphatic rings. The Balaban J connectivity index is 4.80. The minimum absolute atomic E-state index is 0.0287. The first-order valence-corrected chi connectivity index (χ1v) is 15.5. The van der Waals surface area contributed by atoms with Crippen molar-refractivity contribution in [2.24, 2.45) is 5.92 Å². The number of hydrogen-bond donors (Lipinski definition) is 0. The van der Waals surface area contributed by atoms with E-state index in [1.54, 1.807) is 0 Å². The Morgan fingerprint density at radius 2 is 1.26 bits per heavy atom. The van der Waals surface area contributed by atoms with E-state index < -0.39 is 18.8 Å². The van der Waals surface area contributed by atoms with Crippen LogP contribution in [0.15, 0.2) is 0 Å². The number of carbonyl (C=O) groups excluding carboxylic acids is 1. The zero-order valence-electron chi connectivity index (χ0n) is 13.8. The summed E-state index contributed by atoms with van der Waals surface area (Å²) in [5, 5.41) is 0. The molecule has 0 unspecified atom stereocenters. The molecule has 0 atom stereocenters. The molecule has 0 amide bonds. The van der Waals surface area contributed by atoms with E-state index in [1.165, 1.54) is 51.8 Å². The van der Waals surface area contributed by atoms with Crippen LogP contribution >= 0.6 is 0 Å². The molecule has 3 heteroatoms. The molecule has 2 nitrogen and oxygen atoms in total. The van der Waals surface area contributed by atoms with Gasteiger partial charge in [0.2, 0.25) is 0 Å². The Labute approximate surface area is 125 Å². The summed E-state index contributed by atoms with van der Waals surface area (Å²) in [5.41, 5.74) is 0. The Hall–Kier alpha value is 0.269. The zero-order chi connectivity index (χ0) is 14.7. The van der Waals surface area contributed by atoms with Crippen molar-refractivity contribution in [3.05, 3.63) is 0 Å². The first kappa shape index (κ1) is 19.3. The molecule has 0 aromatic rings. The molecule has 0 N–H and O–H groups in total. The standard InChI is InChI=1S/C4H8O2.3C4H9.Sn/c1-3(2)4(5)6;3*1-3-4-2;/h3H,1-2H3,(H,5,6);3*1,3-4H2,2H3;/p-1. The van der Waals surface area contributed by atoms with Crippen molar-refractivity contribution >= 4 is 24.8 Å². The molecule has 0 aromatic heterocycles. The molecule has 0 rings (SSSR count). The summed E-state index contributed by atoms with van der Waals surface area (Å²) < 4.78 is 9.90. The van der Waals surface area contributed by atoms with Crippen LogP contribution in [0.4, 0.5) is 0 Å². The second kappa shape index (κ2) is 11.0. The van der Waals surface area contributed by atoms with E-state index in [2.05, 4.69) is 20.8 Å². The second-order valence-electron chi connectivity index (χ2n) is 6.07. The van der Waals surface area contributed by atoms with Gasteiger partial charge in [-0.3, -0.25) is 0 Å². The van der Waals surface area contributed by atoms with Crippen molar-refractivity contribution in [3.63, 3.8) is 0 Å². The monoisotopic (exact) mass is 378 g/mol. The van der Waals surface area contributed by atoms with Crippen LogP contribution in [-0.2, 0) is 7.87 Å². The zero-order valence-corrected chi connectivity index (χ0v) is 16.6. The van der Waals surface area contributed by atoms with Gasteiger partial charge in [0.25, 0.3) is 0 Å². The third-order valence-electron chi connectivity index (χ3n) is 3.75. The quantitative estimate of drug-likeness (QED) is 0.443. The van der Waals surface area contributed by atoms with Crippen LogP contribution in [0.1, 0.15) is 73.1 Å². The fourth-order valence-electron chi connectivity index (χ4n) is 2.36. The van der Waals surface area contributed by atoms with E-state index in [4.69, 9.17) is 3.07 Å². The van der Waals surface area contributed by atoms with E-state index in [9.17, 15) is 4.79 Å². The normalized spacial score (nSPS) is 11.9. The molecule has 0 spiro atoms. The second-order valence-corrected chi connectivity index (χ2v) is 17.7. The van der Waals surface area contributed by atoms with Gasteiger partial charge >= 0.3 is 125 Å². The van der Waals surface area contributed by atoms with E-state index >= 15 is 0 Å². The molecule has 0 radical (unpaired) electrons. The molecule has 115 valence electrons. The van der Waals surface area contributed by atoms with Crippen molar-refractivity contribution in [3.8, 4) is 0 Å². The van der Waals surface area contributed by atoms with Gasteiger partial charge in [-0.25, -0.2) is 0 Å². The Morgan fingerprint density at radius 3 is 1.53 bits per heavy atom. The van der Waals surface area contributed by atoms with Crippen LogP contribution < -0.4 is 0 Å². The van der Waals surface area contributed by atoms with Crippen molar-refractivity contribution in [2.45, 2.75) is 86.5 Å². The predicted molar refractivity (Wildman–Crippen MR) is 85.8 cm³/mol. The number of carbonyl (C=O) groups is 1. The molecule has 0 aliphatic heterocycles. The maximum absolute atomic E-state index is 12.1. The molecule has 0 saturated carbocycles. The molecule has 0 aromatic carbocycles. The third-order valence-corrected chi connectivity index (χ3v) is 16.4. The van der Waals surface area contributed by atoms with Crippen LogP contribution in [0.25, 0.3) is 0 Å². The van der Waals surface area contributed by atoms with Gasteiger partial charge in [-0.15, -0.1) is 0 Å². The molecule has 0 saturated heterocycles. The molecule has 19 heavy (non-hydrogen) atoms. The number of rotatable bonds is 11.